The van der Waals surface area contributed by atoms with E-state index in [1.807, 2.05) is 24.3 Å². The number of carbonyl (C=O) groups is 1. The third kappa shape index (κ3) is 5.93. The number of carbonyl (C=O) groups excluding carboxylic acids is 1. The molecule has 1 amide bonds. The number of anilines is 1. The Labute approximate surface area is 215 Å². The van der Waals surface area contributed by atoms with Gasteiger partial charge in [-0.2, -0.15) is 4.98 Å². The number of benzene rings is 2. The summed E-state index contributed by atoms with van der Waals surface area (Å²) in [7, 11) is 0. The largest absolute Gasteiger partial charge is 0.372 e. The Morgan fingerprint density at radius 2 is 1.86 bits per heavy atom. The van der Waals surface area contributed by atoms with Crippen LogP contribution in [-0.2, 0) is 11.3 Å². The van der Waals surface area contributed by atoms with E-state index < -0.39 is 0 Å². The van der Waals surface area contributed by atoms with Crippen molar-refractivity contribution < 1.29 is 9.32 Å². The molecule has 2 aliphatic heterocycles. The molecule has 0 radical (unpaired) electrons. The van der Waals surface area contributed by atoms with Crippen molar-refractivity contribution in [2.45, 2.75) is 45.2 Å². The SMILES string of the molecule is CC(NC(=O)C1CCN(Cc2nc(-c3cccc(Br)c3)no2)CC1)c1ccc(N2CCCC2)cc1. The van der Waals surface area contributed by atoms with Crippen molar-refractivity contribution in [1.82, 2.24) is 20.4 Å². The average Bonchev–Trinajstić information content (AvgIpc) is 3.57. The Balaban J connectivity index is 1.09. The quantitative estimate of drug-likeness (QED) is 0.447. The standard InChI is InChI=1S/C27H32BrN5O2/c1-19(20-7-9-24(10-8-20)33-13-2-3-14-33)29-27(34)21-11-15-32(16-12-21)18-25-30-26(31-35-25)22-5-4-6-23(28)17-22/h4-10,17,19,21H,2-3,11-16,18H2,1H3,(H,29,34). The molecule has 7 nitrogen and oxygen atoms in total. The van der Waals surface area contributed by atoms with Crippen molar-refractivity contribution in [1.29, 1.82) is 0 Å². The van der Waals surface area contributed by atoms with Crippen LogP contribution in [0.1, 0.15) is 50.1 Å². The number of hydrogen-bond acceptors (Lipinski definition) is 6. The lowest BCUT2D eigenvalue weighted by Gasteiger charge is -2.31. The summed E-state index contributed by atoms with van der Waals surface area (Å²) in [5.74, 6) is 1.39. The topological polar surface area (TPSA) is 74.5 Å². The van der Waals surface area contributed by atoms with E-state index in [0.717, 1.165) is 54.6 Å². The smallest absolute Gasteiger partial charge is 0.241 e. The fraction of sp³-hybridized carbons (Fsp3) is 0.444. The van der Waals surface area contributed by atoms with E-state index in [9.17, 15) is 4.79 Å². The number of amides is 1. The second-order valence-electron chi connectivity index (χ2n) is 9.59. The lowest BCUT2D eigenvalue weighted by molar-refractivity contribution is -0.127. The van der Waals surface area contributed by atoms with Crippen LogP contribution in [0.2, 0.25) is 0 Å². The van der Waals surface area contributed by atoms with Gasteiger partial charge in [-0.15, -0.1) is 0 Å². The number of rotatable bonds is 7. The Hall–Kier alpha value is -2.71. The van der Waals surface area contributed by atoms with Crippen LogP contribution in [0.25, 0.3) is 11.4 Å². The Bertz CT molecular complexity index is 1130. The van der Waals surface area contributed by atoms with E-state index in [2.05, 4.69) is 72.4 Å². The molecule has 2 aromatic carbocycles. The molecule has 3 aromatic rings. The van der Waals surface area contributed by atoms with E-state index in [4.69, 9.17) is 4.52 Å². The van der Waals surface area contributed by atoms with Crippen molar-refractivity contribution in [2.75, 3.05) is 31.1 Å². The van der Waals surface area contributed by atoms with Crippen molar-refractivity contribution >= 4 is 27.5 Å². The highest BCUT2D eigenvalue weighted by molar-refractivity contribution is 9.10. The highest BCUT2D eigenvalue weighted by Crippen LogP contribution is 2.25. The number of hydrogen-bond donors (Lipinski definition) is 1. The lowest BCUT2D eigenvalue weighted by Crippen LogP contribution is -2.40. The zero-order chi connectivity index (χ0) is 24.2. The monoisotopic (exact) mass is 537 g/mol. The molecule has 8 heteroatoms. The fourth-order valence-corrected chi connectivity index (χ4v) is 5.37. The lowest BCUT2D eigenvalue weighted by atomic mass is 9.95. The molecule has 0 aliphatic carbocycles. The minimum atomic E-state index is 0.00277. The molecule has 2 fully saturated rings. The number of nitrogens with one attached hydrogen (secondary N) is 1. The molecule has 184 valence electrons. The summed E-state index contributed by atoms with van der Waals surface area (Å²) in [5, 5.41) is 7.35. The van der Waals surface area contributed by atoms with Gasteiger partial charge in [-0.25, -0.2) is 0 Å². The summed E-state index contributed by atoms with van der Waals surface area (Å²) in [6.45, 7) is 6.63. The molecule has 1 atom stereocenters. The molecule has 3 heterocycles. The Morgan fingerprint density at radius 3 is 2.57 bits per heavy atom. The van der Waals surface area contributed by atoms with Gasteiger partial charge in [0.15, 0.2) is 0 Å². The van der Waals surface area contributed by atoms with Crippen LogP contribution in [0.3, 0.4) is 0 Å². The van der Waals surface area contributed by atoms with Crippen molar-refractivity contribution in [3.63, 3.8) is 0 Å². The number of halogens is 1. The summed E-state index contributed by atoms with van der Waals surface area (Å²) >= 11 is 3.48. The molecule has 5 rings (SSSR count). The van der Waals surface area contributed by atoms with Gasteiger partial charge in [-0.3, -0.25) is 9.69 Å². The van der Waals surface area contributed by atoms with Crippen LogP contribution in [0, 0.1) is 5.92 Å². The van der Waals surface area contributed by atoms with Crippen LogP contribution in [0.15, 0.2) is 57.5 Å². The molecule has 0 bridgehead atoms. The minimum Gasteiger partial charge on any atom is -0.372 e. The maximum Gasteiger partial charge on any atom is 0.241 e. The minimum absolute atomic E-state index is 0.00277. The van der Waals surface area contributed by atoms with Gasteiger partial charge in [0.05, 0.1) is 12.6 Å². The Morgan fingerprint density at radius 1 is 1.11 bits per heavy atom. The summed E-state index contributed by atoms with van der Waals surface area (Å²) in [5.41, 5.74) is 3.35. The van der Waals surface area contributed by atoms with Gasteiger partial charge in [0.1, 0.15) is 0 Å². The van der Waals surface area contributed by atoms with E-state index >= 15 is 0 Å². The maximum atomic E-state index is 12.9. The van der Waals surface area contributed by atoms with Crippen molar-refractivity contribution in [2.24, 2.45) is 5.92 Å². The van der Waals surface area contributed by atoms with Gasteiger partial charge in [0.25, 0.3) is 0 Å². The predicted octanol–water partition coefficient (Wildman–Crippen LogP) is 5.19. The highest BCUT2D eigenvalue weighted by atomic mass is 79.9. The van der Waals surface area contributed by atoms with E-state index in [-0.39, 0.29) is 17.9 Å². The molecule has 1 N–H and O–H groups in total. The maximum absolute atomic E-state index is 12.9. The number of piperidine rings is 1. The zero-order valence-electron chi connectivity index (χ0n) is 20.1. The van der Waals surface area contributed by atoms with Crippen LogP contribution < -0.4 is 10.2 Å². The molecule has 0 saturated carbocycles. The fourth-order valence-electron chi connectivity index (χ4n) is 4.97. The van der Waals surface area contributed by atoms with Crippen LogP contribution >= 0.6 is 15.9 Å². The third-order valence-corrected chi connectivity index (χ3v) is 7.58. The zero-order valence-corrected chi connectivity index (χ0v) is 21.7. The van der Waals surface area contributed by atoms with Crippen LogP contribution in [0.5, 0.6) is 0 Å². The first-order valence-corrected chi connectivity index (χ1v) is 13.3. The molecular weight excluding hydrogens is 506 g/mol. The second kappa shape index (κ2) is 10.9. The number of nitrogens with zero attached hydrogens (tertiary/aromatic N) is 4. The molecule has 2 aliphatic rings. The third-order valence-electron chi connectivity index (χ3n) is 7.09. The molecule has 1 aromatic heterocycles. The highest BCUT2D eigenvalue weighted by Gasteiger charge is 2.27. The van der Waals surface area contributed by atoms with Gasteiger partial charge in [0.2, 0.25) is 17.6 Å². The van der Waals surface area contributed by atoms with Gasteiger partial charge in [-0.05, 0) is 75.5 Å². The first kappa shape index (κ1) is 24.0. The van der Waals surface area contributed by atoms with Crippen molar-refractivity contribution in [3.05, 3.63) is 64.5 Å². The van der Waals surface area contributed by atoms with Gasteiger partial charge >= 0.3 is 0 Å². The average molecular weight is 538 g/mol. The van der Waals surface area contributed by atoms with Crippen molar-refractivity contribution in [3.8, 4) is 11.4 Å². The molecule has 35 heavy (non-hydrogen) atoms. The summed E-state index contributed by atoms with van der Waals surface area (Å²) in [4.78, 5) is 22.2. The van der Waals surface area contributed by atoms with E-state index in [1.54, 1.807) is 0 Å². The summed E-state index contributed by atoms with van der Waals surface area (Å²) in [6, 6.07) is 16.5. The number of aromatic nitrogens is 2. The predicted molar refractivity (Wildman–Crippen MR) is 140 cm³/mol. The summed E-state index contributed by atoms with van der Waals surface area (Å²) in [6.07, 6.45) is 4.21. The Kier molecular flexibility index (Phi) is 7.48. The van der Waals surface area contributed by atoms with E-state index in [1.165, 1.54) is 18.5 Å². The van der Waals surface area contributed by atoms with Gasteiger partial charge in [-0.1, -0.05) is 45.4 Å². The normalized spacial score (nSPS) is 18.1. The summed E-state index contributed by atoms with van der Waals surface area (Å²) < 4.78 is 6.46. The first-order valence-electron chi connectivity index (χ1n) is 12.5. The van der Waals surface area contributed by atoms with E-state index in [0.29, 0.717) is 18.3 Å². The molecule has 0 spiro atoms. The van der Waals surface area contributed by atoms with Crippen LogP contribution in [0.4, 0.5) is 5.69 Å². The van der Waals surface area contributed by atoms with Gasteiger partial charge in [0, 0.05) is 34.7 Å². The second-order valence-corrected chi connectivity index (χ2v) is 10.5. The molecule has 1 unspecified atom stereocenters. The van der Waals surface area contributed by atoms with Gasteiger partial charge < -0.3 is 14.7 Å². The first-order chi connectivity index (χ1) is 17.0. The number of likely N-dealkylation sites (tertiary alicyclic amines) is 1. The molecule has 2 saturated heterocycles. The van der Waals surface area contributed by atoms with Crippen LogP contribution in [-0.4, -0.2) is 47.1 Å². The molecular formula is C27H32BrN5O2.